The fraction of sp³-hybridized carbons (Fsp3) is 0.923. The number of nitrogens with one attached hydrogen (secondary N) is 2. The third-order valence-corrected chi connectivity index (χ3v) is 6.04. The van der Waals surface area contributed by atoms with Crippen molar-refractivity contribution in [3.63, 3.8) is 0 Å². The Kier molecular flexibility index (Phi) is 48.6. The first-order chi connectivity index (χ1) is 16.9. The molecule has 0 unspecified atom stereocenters. The zero-order valence-electron chi connectivity index (χ0n) is 27.5. The van der Waals surface area contributed by atoms with E-state index in [1.54, 1.807) is 39.9 Å². The second-order valence-electron chi connectivity index (χ2n) is 8.41. The Morgan fingerprint density at radius 2 is 1.14 bits per heavy atom. The van der Waals surface area contributed by atoms with Crippen molar-refractivity contribution in [1.29, 1.82) is 0 Å². The van der Waals surface area contributed by atoms with E-state index in [1.165, 1.54) is 43.4 Å². The van der Waals surface area contributed by atoms with Gasteiger partial charge in [-0.1, -0.05) is 34.6 Å². The van der Waals surface area contributed by atoms with Gasteiger partial charge in [0.25, 0.3) is 0 Å². The van der Waals surface area contributed by atoms with Gasteiger partial charge in [0.05, 0.1) is 6.26 Å². The van der Waals surface area contributed by atoms with Gasteiger partial charge >= 0.3 is 0 Å². The second kappa shape index (κ2) is 36.9. The van der Waals surface area contributed by atoms with Crippen LogP contribution in [0.2, 0.25) is 0 Å². The van der Waals surface area contributed by atoms with Crippen molar-refractivity contribution in [2.24, 2.45) is 0 Å². The predicted octanol–water partition coefficient (Wildman–Crippen LogP) is 2.67. The molecule has 0 aromatic carbocycles. The van der Waals surface area contributed by atoms with E-state index in [1.807, 2.05) is 14.0 Å². The molecule has 0 aliphatic heterocycles. The first kappa shape index (κ1) is 48.8. The minimum absolute atomic E-state index is 0.00463. The molecule has 0 aliphatic carbocycles. The third-order valence-electron chi connectivity index (χ3n) is 4.65. The lowest BCUT2D eigenvalue weighted by Gasteiger charge is -2.10. The van der Waals surface area contributed by atoms with E-state index in [0.29, 0.717) is 6.54 Å². The van der Waals surface area contributed by atoms with Gasteiger partial charge < -0.3 is 25.3 Å². The number of amides is 2. The molecule has 11 heteroatoms. The van der Waals surface area contributed by atoms with E-state index >= 15 is 0 Å². The maximum Gasteiger partial charge on any atom is 0.219 e. The molecule has 0 atom stereocenters. The summed E-state index contributed by atoms with van der Waals surface area (Å²) < 4.78 is 22.3. The number of hydrogen-bond acceptors (Lipinski definition) is 7. The first-order valence-electron chi connectivity index (χ1n) is 13.2. The van der Waals surface area contributed by atoms with Crippen molar-refractivity contribution in [3.05, 3.63) is 0 Å². The summed E-state index contributed by atoms with van der Waals surface area (Å²) in [5, 5.41) is 5.41. The van der Waals surface area contributed by atoms with Crippen molar-refractivity contribution in [3.8, 4) is 0 Å². The number of carbonyl (C=O) groups is 2. The summed E-state index contributed by atoms with van der Waals surface area (Å²) >= 11 is 0. The lowest BCUT2D eigenvalue weighted by atomic mass is 10.4. The Hall–Kier alpha value is -1.27. The van der Waals surface area contributed by atoms with Crippen LogP contribution in [0.25, 0.3) is 0 Å². The van der Waals surface area contributed by atoms with Crippen molar-refractivity contribution in [2.45, 2.75) is 68.2 Å². The van der Waals surface area contributed by atoms with Crippen LogP contribution >= 0.6 is 0 Å². The molecular formula is C26H66N6O4S. The average Bonchev–Trinajstić information content (AvgIpc) is 2.84. The summed E-state index contributed by atoms with van der Waals surface area (Å²) in [5.74, 6) is 0.132. The summed E-state index contributed by atoms with van der Waals surface area (Å²) in [6, 6.07) is 0. The monoisotopic (exact) mass is 558 g/mol. The SMILES string of the molecule is CCCN(C)CC.CCCNC.CCN(C)C.CCN(C)C(C)=O.CCN(C)S(C)(=O)=O.CNC(C)=O. The van der Waals surface area contributed by atoms with E-state index in [-0.39, 0.29) is 11.8 Å². The fourth-order valence-corrected chi connectivity index (χ4v) is 1.72. The first-order valence-corrected chi connectivity index (χ1v) is 15.1. The van der Waals surface area contributed by atoms with Gasteiger partial charge in [-0.05, 0) is 74.1 Å². The topological polar surface area (TPSA) is 105 Å². The molecule has 0 spiro atoms. The summed E-state index contributed by atoms with van der Waals surface area (Å²) in [7, 11) is 10.2. The lowest BCUT2D eigenvalue weighted by molar-refractivity contribution is -0.127. The van der Waals surface area contributed by atoms with Crippen LogP contribution in [-0.2, 0) is 19.6 Å². The van der Waals surface area contributed by atoms with Crippen molar-refractivity contribution >= 4 is 21.8 Å². The molecule has 2 N–H and O–H groups in total. The van der Waals surface area contributed by atoms with Crippen LogP contribution in [0.4, 0.5) is 0 Å². The Labute approximate surface area is 232 Å². The number of hydrogen-bond donors (Lipinski definition) is 2. The molecule has 0 aromatic rings. The maximum atomic E-state index is 10.5. The fourth-order valence-electron chi connectivity index (χ4n) is 1.25. The van der Waals surface area contributed by atoms with Gasteiger partial charge in [0, 0.05) is 48.1 Å². The Bertz CT molecular complexity index is 559. The normalized spacial score (nSPS) is 9.59. The average molecular weight is 559 g/mol. The highest BCUT2D eigenvalue weighted by Crippen LogP contribution is 1.88. The molecule has 0 fully saturated rings. The largest absolute Gasteiger partial charge is 0.359 e. The van der Waals surface area contributed by atoms with Crippen LogP contribution in [0.3, 0.4) is 0 Å². The second-order valence-corrected chi connectivity index (χ2v) is 10.5. The number of carbonyl (C=O) groups excluding carboxylic acids is 2. The van der Waals surface area contributed by atoms with Gasteiger partial charge in [0.15, 0.2) is 0 Å². The minimum atomic E-state index is -2.92. The molecule has 0 heterocycles. The molecule has 0 saturated carbocycles. The van der Waals surface area contributed by atoms with Crippen LogP contribution < -0.4 is 10.6 Å². The van der Waals surface area contributed by atoms with E-state index in [4.69, 9.17) is 0 Å². The summed E-state index contributed by atoms with van der Waals surface area (Å²) in [6.07, 6.45) is 3.69. The van der Waals surface area contributed by atoms with Gasteiger partial charge in [0.2, 0.25) is 21.8 Å². The summed E-state index contributed by atoms with van der Waals surface area (Å²) in [5.41, 5.74) is 0. The Morgan fingerprint density at radius 3 is 1.16 bits per heavy atom. The zero-order chi connectivity index (χ0) is 31.0. The highest BCUT2D eigenvalue weighted by Gasteiger charge is 2.05. The van der Waals surface area contributed by atoms with Crippen LogP contribution in [0.15, 0.2) is 0 Å². The molecule has 230 valence electrons. The van der Waals surface area contributed by atoms with Gasteiger partial charge in [-0.15, -0.1) is 0 Å². The highest BCUT2D eigenvalue weighted by atomic mass is 32.2. The number of nitrogens with zero attached hydrogens (tertiary/aromatic N) is 4. The predicted molar refractivity (Wildman–Crippen MR) is 164 cm³/mol. The van der Waals surface area contributed by atoms with E-state index in [2.05, 4.69) is 69.3 Å². The van der Waals surface area contributed by atoms with Gasteiger partial charge in [-0.2, -0.15) is 0 Å². The Morgan fingerprint density at radius 1 is 0.730 bits per heavy atom. The van der Waals surface area contributed by atoms with Gasteiger partial charge in [0.1, 0.15) is 0 Å². The van der Waals surface area contributed by atoms with Crippen LogP contribution in [0, 0.1) is 0 Å². The number of rotatable bonds is 9. The molecule has 2 amide bonds. The zero-order valence-corrected chi connectivity index (χ0v) is 28.3. The minimum Gasteiger partial charge on any atom is -0.359 e. The summed E-state index contributed by atoms with van der Waals surface area (Å²) in [6.45, 7) is 21.4. The molecule has 0 aromatic heterocycles. The molecule has 0 aliphatic rings. The molecule has 10 nitrogen and oxygen atoms in total. The van der Waals surface area contributed by atoms with Gasteiger partial charge in [-0.3, -0.25) is 9.59 Å². The Balaban J connectivity index is -0.0000000788. The molecule has 37 heavy (non-hydrogen) atoms. The van der Waals surface area contributed by atoms with E-state index < -0.39 is 10.0 Å². The van der Waals surface area contributed by atoms with Crippen molar-refractivity contribution in [1.82, 2.24) is 29.6 Å². The molecule has 0 saturated heterocycles. The lowest BCUT2D eigenvalue weighted by Crippen LogP contribution is -2.24. The molecule has 0 bridgehead atoms. The molecular weight excluding hydrogens is 492 g/mol. The van der Waals surface area contributed by atoms with Gasteiger partial charge in [-0.25, -0.2) is 12.7 Å². The van der Waals surface area contributed by atoms with Crippen LogP contribution in [-0.4, -0.2) is 134 Å². The van der Waals surface area contributed by atoms with Crippen molar-refractivity contribution in [2.75, 3.05) is 94.9 Å². The summed E-state index contributed by atoms with van der Waals surface area (Å²) in [4.78, 5) is 26.1. The third kappa shape index (κ3) is 66.1. The quantitative estimate of drug-likeness (QED) is 0.448. The standard InChI is InChI=1S/C6H15N.C5H11NO.C4H11NO2S.2C4H11N.C3H7NO/c1-4-6-7(3)5-2;1-4-6(3)5(2)7;1-4-5(2)8(3,6)7;1-4-5(2)3;1-3-4-5-2;1-3(5)4-2/h4-6H2,1-3H3;4H2,1-3H3;4H2,1-3H3;4H2,1-3H3;5H,3-4H2,1-2H3;1-2H3,(H,4,5). The smallest absolute Gasteiger partial charge is 0.219 e. The molecule has 0 radical (unpaired) electrons. The van der Waals surface area contributed by atoms with E-state index in [0.717, 1.165) is 19.6 Å². The van der Waals surface area contributed by atoms with E-state index in [9.17, 15) is 18.0 Å². The van der Waals surface area contributed by atoms with Crippen LogP contribution in [0.5, 0.6) is 0 Å². The van der Waals surface area contributed by atoms with Crippen molar-refractivity contribution < 1.29 is 18.0 Å². The van der Waals surface area contributed by atoms with Crippen LogP contribution in [0.1, 0.15) is 68.2 Å². The maximum absolute atomic E-state index is 10.5. The number of sulfonamides is 1. The molecule has 0 rings (SSSR count). The highest BCUT2D eigenvalue weighted by molar-refractivity contribution is 7.88.